The molecule has 0 spiro atoms. The Labute approximate surface area is 122 Å². The lowest BCUT2D eigenvalue weighted by Gasteiger charge is -2.40. The van der Waals surface area contributed by atoms with Gasteiger partial charge in [-0.15, -0.1) is 0 Å². The van der Waals surface area contributed by atoms with Gasteiger partial charge < -0.3 is 14.6 Å². The highest BCUT2D eigenvalue weighted by molar-refractivity contribution is 5.31. The van der Waals surface area contributed by atoms with Gasteiger partial charge in [0.25, 0.3) is 5.92 Å². The van der Waals surface area contributed by atoms with Crippen LogP contribution >= 0.6 is 0 Å². The Bertz CT molecular complexity index is 560. The van der Waals surface area contributed by atoms with Crippen molar-refractivity contribution in [3.63, 3.8) is 0 Å². The number of hydrogen-bond donors (Lipinski definition) is 1. The first kappa shape index (κ1) is 15.9. The van der Waals surface area contributed by atoms with Gasteiger partial charge in [-0.05, 0) is 7.05 Å². The smallest absolute Gasteiger partial charge is 0.266 e. The molecule has 2 rings (SSSR count). The summed E-state index contributed by atoms with van der Waals surface area (Å²) in [6.07, 6.45) is 1.41. The fourth-order valence-electron chi connectivity index (χ4n) is 2.77. The third-order valence-corrected chi connectivity index (χ3v) is 3.95. The minimum atomic E-state index is -3.07. The predicted molar refractivity (Wildman–Crippen MR) is 75.8 cm³/mol. The van der Waals surface area contributed by atoms with Crippen LogP contribution in [0.25, 0.3) is 0 Å². The molecule has 0 radical (unpaired) electrons. The molecule has 7 heteroatoms. The first-order chi connectivity index (χ1) is 9.71. The molecule has 1 N–H and O–H groups in total. The van der Waals surface area contributed by atoms with Gasteiger partial charge in [-0.1, -0.05) is 0 Å². The molecule has 2 heterocycles. The Balaban J connectivity index is 2.47. The lowest BCUT2D eigenvalue weighted by molar-refractivity contribution is -0.0817. The topological polar surface area (TPSA) is 48.7 Å². The zero-order chi connectivity index (χ0) is 15.8. The SMILES string of the molecule is CN1CCN(C(c2c(O)c(=O)ccn2C)C(C)(F)F)CC1. The number of alkyl halides is 2. The molecule has 1 aromatic rings. The van der Waals surface area contributed by atoms with Gasteiger partial charge in [0, 0.05) is 52.4 Å². The van der Waals surface area contributed by atoms with Crippen LogP contribution in [0.4, 0.5) is 8.78 Å². The number of aryl methyl sites for hydroxylation is 1. The first-order valence-corrected chi connectivity index (χ1v) is 6.90. The van der Waals surface area contributed by atoms with Gasteiger partial charge in [0.05, 0.1) is 5.69 Å². The second-order valence-corrected chi connectivity index (χ2v) is 5.72. The number of aromatic hydroxyl groups is 1. The molecule has 0 aliphatic carbocycles. The van der Waals surface area contributed by atoms with Gasteiger partial charge in [0.15, 0.2) is 5.75 Å². The molecule has 1 unspecified atom stereocenters. The molecule has 118 valence electrons. The highest BCUT2D eigenvalue weighted by Gasteiger charge is 2.43. The van der Waals surface area contributed by atoms with Crippen LogP contribution in [0.2, 0.25) is 0 Å². The second-order valence-electron chi connectivity index (χ2n) is 5.72. The van der Waals surface area contributed by atoms with Crippen LogP contribution in [0.5, 0.6) is 5.75 Å². The predicted octanol–water partition coefficient (Wildman–Crippen LogP) is 1.03. The van der Waals surface area contributed by atoms with Crippen LogP contribution in [0.1, 0.15) is 18.7 Å². The van der Waals surface area contributed by atoms with E-state index < -0.39 is 23.1 Å². The molecule has 1 atom stereocenters. The van der Waals surface area contributed by atoms with Crippen molar-refractivity contribution in [3.8, 4) is 5.75 Å². The number of likely N-dealkylation sites (N-methyl/N-ethyl adjacent to an activating group) is 1. The van der Waals surface area contributed by atoms with Crippen LogP contribution in [0.3, 0.4) is 0 Å². The summed E-state index contributed by atoms with van der Waals surface area (Å²) in [7, 11) is 3.50. The van der Waals surface area contributed by atoms with Gasteiger partial charge in [-0.3, -0.25) is 9.69 Å². The first-order valence-electron chi connectivity index (χ1n) is 6.90. The molecule has 1 aliphatic heterocycles. The molecule has 0 saturated carbocycles. The second kappa shape index (κ2) is 5.73. The summed E-state index contributed by atoms with van der Waals surface area (Å²) in [5.74, 6) is -3.66. The van der Waals surface area contributed by atoms with Crippen molar-refractivity contribution in [1.82, 2.24) is 14.4 Å². The summed E-state index contributed by atoms with van der Waals surface area (Å²) in [5.41, 5.74) is -0.661. The Hall–Kier alpha value is -1.47. The Morgan fingerprint density at radius 3 is 2.33 bits per heavy atom. The Morgan fingerprint density at radius 2 is 1.81 bits per heavy atom. The van der Waals surface area contributed by atoms with Gasteiger partial charge in [0.1, 0.15) is 6.04 Å². The Kier molecular flexibility index (Phi) is 4.34. The third kappa shape index (κ3) is 3.24. The van der Waals surface area contributed by atoms with E-state index in [9.17, 15) is 18.7 Å². The van der Waals surface area contributed by atoms with Crippen molar-refractivity contribution >= 4 is 0 Å². The summed E-state index contributed by atoms with van der Waals surface area (Å²) in [6.45, 7) is 3.11. The third-order valence-electron chi connectivity index (χ3n) is 3.95. The maximum absolute atomic E-state index is 14.2. The van der Waals surface area contributed by atoms with Crippen LogP contribution < -0.4 is 5.43 Å². The molecule has 0 bridgehead atoms. The highest BCUT2D eigenvalue weighted by Crippen LogP contribution is 2.38. The number of halogens is 2. The maximum atomic E-state index is 14.2. The standard InChI is InChI=1S/C14H21F2N3O2/c1-14(15,16)13(19-8-6-17(2)7-9-19)11-12(21)10(20)4-5-18(11)3/h4-5,13,21H,6-9H2,1-3H3. The summed E-state index contributed by atoms with van der Waals surface area (Å²) in [6, 6.07) is -0.140. The fraction of sp³-hybridized carbons (Fsp3) is 0.643. The summed E-state index contributed by atoms with van der Waals surface area (Å²) in [5, 5.41) is 9.99. The van der Waals surface area contributed by atoms with Crippen molar-refractivity contribution < 1.29 is 13.9 Å². The Morgan fingerprint density at radius 1 is 1.24 bits per heavy atom. The van der Waals surface area contributed by atoms with Crippen LogP contribution in [0, 0.1) is 0 Å². The number of hydrogen-bond acceptors (Lipinski definition) is 4. The summed E-state index contributed by atoms with van der Waals surface area (Å²) in [4.78, 5) is 15.3. The largest absolute Gasteiger partial charge is 0.503 e. The molecule has 5 nitrogen and oxygen atoms in total. The molecule has 0 aromatic carbocycles. The van der Waals surface area contributed by atoms with E-state index in [0.717, 1.165) is 6.92 Å². The summed E-state index contributed by atoms with van der Waals surface area (Å²) >= 11 is 0. The molecule has 21 heavy (non-hydrogen) atoms. The van der Waals surface area contributed by atoms with E-state index in [2.05, 4.69) is 4.90 Å². The number of aromatic nitrogens is 1. The molecule has 1 aliphatic rings. The van der Waals surface area contributed by atoms with Crippen molar-refractivity contribution in [2.24, 2.45) is 7.05 Å². The molecule has 1 fully saturated rings. The van der Waals surface area contributed by atoms with E-state index in [1.165, 1.54) is 16.8 Å². The van der Waals surface area contributed by atoms with Gasteiger partial charge in [0.2, 0.25) is 5.43 Å². The minimum Gasteiger partial charge on any atom is -0.503 e. The number of rotatable bonds is 3. The van der Waals surface area contributed by atoms with Crippen LogP contribution in [-0.4, -0.2) is 58.6 Å². The average Bonchev–Trinajstić information content (AvgIpc) is 2.39. The zero-order valence-corrected chi connectivity index (χ0v) is 12.5. The van der Waals surface area contributed by atoms with Gasteiger partial charge in [-0.2, -0.15) is 0 Å². The number of piperazine rings is 1. The molecular formula is C14H21F2N3O2. The van der Waals surface area contributed by atoms with Gasteiger partial charge in [-0.25, -0.2) is 8.78 Å². The van der Waals surface area contributed by atoms with Crippen molar-refractivity contribution in [1.29, 1.82) is 0 Å². The van der Waals surface area contributed by atoms with E-state index in [4.69, 9.17) is 0 Å². The summed E-state index contributed by atoms with van der Waals surface area (Å²) < 4.78 is 29.7. The molecule has 0 amide bonds. The fourth-order valence-corrected chi connectivity index (χ4v) is 2.77. The number of nitrogens with zero attached hydrogens (tertiary/aromatic N) is 3. The molecule has 1 saturated heterocycles. The lowest BCUT2D eigenvalue weighted by Crippen LogP contribution is -2.50. The highest BCUT2D eigenvalue weighted by atomic mass is 19.3. The average molecular weight is 301 g/mol. The van der Waals surface area contributed by atoms with E-state index in [1.807, 2.05) is 7.05 Å². The number of pyridine rings is 1. The van der Waals surface area contributed by atoms with Crippen molar-refractivity contribution in [2.75, 3.05) is 33.2 Å². The normalized spacial score (nSPS) is 19.7. The van der Waals surface area contributed by atoms with Crippen LogP contribution in [0.15, 0.2) is 17.1 Å². The van der Waals surface area contributed by atoms with Crippen LogP contribution in [-0.2, 0) is 7.05 Å². The van der Waals surface area contributed by atoms with Gasteiger partial charge >= 0.3 is 0 Å². The lowest BCUT2D eigenvalue weighted by atomic mass is 10.0. The zero-order valence-electron chi connectivity index (χ0n) is 12.5. The van der Waals surface area contributed by atoms with E-state index in [0.29, 0.717) is 26.2 Å². The minimum absolute atomic E-state index is 0.0282. The molecule has 1 aromatic heterocycles. The molecular weight excluding hydrogens is 280 g/mol. The van der Waals surface area contributed by atoms with Crippen molar-refractivity contribution in [2.45, 2.75) is 18.9 Å². The van der Waals surface area contributed by atoms with E-state index >= 15 is 0 Å². The van der Waals surface area contributed by atoms with E-state index in [1.54, 1.807) is 11.9 Å². The van der Waals surface area contributed by atoms with E-state index in [-0.39, 0.29) is 5.69 Å². The quantitative estimate of drug-likeness (QED) is 0.906. The maximum Gasteiger partial charge on any atom is 0.266 e. The monoisotopic (exact) mass is 301 g/mol. The van der Waals surface area contributed by atoms with Crippen molar-refractivity contribution in [3.05, 3.63) is 28.2 Å².